The lowest BCUT2D eigenvalue weighted by atomic mass is 10.2. The second-order valence-electron chi connectivity index (χ2n) is 4.76. The highest BCUT2D eigenvalue weighted by molar-refractivity contribution is 9.10. The second kappa shape index (κ2) is 7.78. The van der Waals surface area contributed by atoms with Crippen molar-refractivity contribution in [2.75, 3.05) is 12.4 Å². The van der Waals surface area contributed by atoms with Crippen LogP contribution in [-0.4, -0.2) is 25.4 Å². The van der Waals surface area contributed by atoms with E-state index in [0.29, 0.717) is 33.5 Å². The number of benzene rings is 2. The molecular formula is C17H16BrNO4. The minimum absolute atomic E-state index is 0.297. The maximum absolute atomic E-state index is 12.2. The number of methoxy groups -OCH3 is 1. The summed E-state index contributed by atoms with van der Waals surface area (Å²) in [4.78, 5) is 23.2. The fraction of sp³-hybridized carbons (Fsp3) is 0.176. The Balaban J connectivity index is 2.14. The highest BCUT2D eigenvalue weighted by Crippen LogP contribution is 2.33. The van der Waals surface area contributed by atoms with Crippen LogP contribution in [0.2, 0.25) is 0 Å². The molecule has 2 rings (SSSR count). The van der Waals surface area contributed by atoms with Gasteiger partial charge in [0.05, 0.1) is 7.11 Å². The van der Waals surface area contributed by atoms with Crippen molar-refractivity contribution in [2.24, 2.45) is 0 Å². The number of amides is 1. The number of para-hydroxylation sites is 1. The van der Waals surface area contributed by atoms with E-state index in [1.807, 2.05) is 18.2 Å². The van der Waals surface area contributed by atoms with Crippen LogP contribution in [0.1, 0.15) is 17.3 Å². The van der Waals surface area contributed by atoms with Crippen molar-refractivity contribution in [3.05, 3.63) is 52.5 Å². The molecule has 6 heteroatoms. The molecule has 0 aliphatic rings. The molecule has 1 atom stereocenters. The third kappa shape index (κ3) is 4.32. The summed E-state index contributed by atoms with van der Waals surface area (Å²) in [5.41, 5.74) is 1.10. The van der Waals surface area contributed by atoms with Crippen LogP contribution in [0.5, 0.6) is 11.5 Å². The summed E-state index contributed by atoms with van der Waals surface area (Å²) >= 11 is 3.28. The van der Waals surface area contributed by atoms with E-state index in [2.05, 4.69) is 21.2 Å². The van der Waals surface area contributed by atoms with E-state index >= 15 is 0 Å². The number of halogens is 1. The first kappa shape index (κ1) is 17.0. The summed E-state index contributed by atoms with van der Waals surface area (Å²) in [5.74, 6) is 0.462. The molecule has 5 nitrogen and oxygen atoms in total. The Morgan fingerprint density at radius 2 is 1.91 bits per heavy atom. The molecule has 120 valence electrons. The Labute approximate surface area is 142 Å². The third-order valence-corrected chi connectivity index (χ3v) is 3.81. The zero-order valence-electron chi connectivity index (χ0n) is 12.7. The van der Waals surface area contributed by atoms with E-state index in [-0.39, 0.29) is 5.91 Å². The fourth-order valence-corrected chi connectivity index (χ4v) is 2.32. The first-order chi connectivity index (χ1) is 11.0. The minimum Gasteiger partial charge on any atom is -0.493 e. The lowest BCUT2D eigenvalue weighted by molar-refractivity contribution is -0.122. The maximum atomic E-state index is 12.2. The number of nitrogens with one attached hydrogen (secondary N) is 1. The largest absolute Gasteiger partial charge is 0.493 e. The van der Waals surface area contributed by atoms with E-state index < -0.39 is 6.10 Å². The molecular weight excluding hydrogens is 362 g/mol. The van der Waals surface area contributed by atoms with E-state index in [1.165, 1.54) is 13.2 Å². The molecule has 0 heterocycles. The number of anilines is 1. The van der Waals surface area contributed by atoms with E-state index in [1.54, 1.807) is 25.1 Å². The van der Waals surface area contributed by atoms with Gasteiger partial charge in [-0.25, -0.2) is 0 Å². The molecule has 0 spiro atoms. The molecule has 0 bridgehead atoms. The highest BCUT2D eigenvalue weighted by Gasteiger charge is 2.18. The van der Waals surface area contributed by atoms with Crippen LogP contribution < -0.4 is 14.8 Å². The van der Waals surface area contributed by atoms with Gasteiger partial charge in [-0.05, 0) is 47.1 Å². The predicted molar refractivity (Wildman–Crippen MR) is 91.2 cm³/mol. The lowest BCUT2D eigenvalue weighted by Gasteiger charge is -2.17. The molecule has 0 unspecified atom stereocenters. The van der Waals surface area contributed by atoms with Gasteiger partial charge in [-0.15, -0.1) is 0 Å². The van der Waals surface area contributed by atoms with Crippen LogP contribution in [0.3, 0.4) is 0 Å². The molecule has 0 fully saturated rings. The van der Waals surface area contributed by atoms with Crippen molar-refractivity contribution in [3.63, 3.8) is 0 Å². The van der Waals surface area contributed by atoms with E-state index in [9.17, 15) is 9.59 Å². The van der Waals surface area contributed by atoms with Gasteiger partial charge in [0.25, 0.3) is 5.91 Å². The smallest absolute Gasteiger partial charge is 0.265 e. The van der Waals surface area contributed by atoms with Gasteiger partial charge in [0.2, 0.25) is 0 Å². The normalized spacial score (nSPS) is 11.4. The van der Waals surface area contributed by atoms with E-state index in [0.717, 1.165) is 0 Å². The summed E-state index contributed by atoms with van der Waals surface area (Å²) in [5, 5.41) is 2.76. The standard InChI is InChI=1S/C17H16BrNO4/c1-11(17(21)19-13-6-4-3-5-7-13)23-16-8-12(10-20)14(18)9-15(16)22-2/h3-11H,1-2H3,(H,19,21)/t11-/m1/s1. The van der Waals surface area contributed by atoms with Crippen molar-refractivity contribution in [3.8, 4) is 11.5 Å². The van der Waals surface area contributed by atoms with Gasteiger partial charge in [-0.2, -0.15) is 0 Å². The highest BCUT2D eigenvalue weighted by atomic mass is 79.9. The minimum atomic E-state index is -0.759. The topological polar surface area (TPSA) is 64.6 Å². The summed E-state index contributed by atoms with van der Waals surface area (Å²) in [6.45, 7) is 1.63. The van der Waals surface area contributed by atoms with Crippen LogP contribution in [0.25, 0.3) is 0 Å². The monoisotopic (exact) mass is 377 g/mol. The molecule has 0 aromatic heterocycles. The first-order valence-electron chi connectivity index (χ1n) is 6.90. The Morgan fingerprint density at radius 1 is 1.22 bits per heavy atom. The van der Waals surface area contributed by atoms with Crippen LogP contribution in [0.4, 0.5) is 5.69 Å². The zero-order valence-corrected chi connectivity index (χ0v) is 14.3. The van der Waals surface area contributed by atoms with Gasteiger partial charge in [0.15, 0.2) is 23.9 Å². The summed E-state index contributed by atoms with van der Waals surface area (Å²) in [6, 6.07) is 12.3. The number of carbonyl (C=O) groups is 2. The molecule has 0 saturated heterocycles. The van der Waals surface area contributed by atoms with Gasteiger partial charge in [0.1, 0.15) is 0 Å². The fourth-order valence-electron chi connectivity index (χ4n) is 1.90. The lowest BCUT2D eigenvalue weighted by Crippen LogP contribution is -2.30. The maximum Gasteiger partial charge on any atom is 0.265 e. The van der Waals surface area contributed by atoms with Crippen LogP contribution in [-0.2, 0) is 4.79 Å². The van der Waals surface area contributed by atoms with Gasteiger partial charge in [-0.1, -0.05) is 18.2 Å². The molecule has 1 amide bonds. The number of hydrogen-bond acceptors (Lipinski definition) is 4. The number of rotatable bonds is 6. The van der Waals surface area contributed by atoms with Crippen molar-refractivity contribution < 1.29 is 19.1 Å². The van der Waals surface area contributed by atoms with Crippen molar-refractivity contribution in [1.29, 1.82) is 0 Å². The van der Waals surface area contributed by atoms with E-state index in [4.69, 9.17) is 9.47 Å². The summed E-state index contributed by atoms with van der Waals surface area (Å²) in [6.07, 6.45) is -0.0600. The molecule has 0 aliphatic heterocycles. The summed E-state index contributed by atoms with van der Waals surface area (Å²) in [7, 11) is 1.49. The van der Waals surface area contributed by atoms with Gasteiger partial charge in [0, 0.05) is 15.7 Å². The number of aldehydes is 1. The Morgan fingerprint density at radius 3 is 2.52 bits per heavy atom. The van der Waals surface area contributed by atoms with Crippen LogP contribution in [0.15, 0.2) is 46.9 Å². The average Bonchev–Trinajstić information content (AvgIpc) is 2.56. The molecule has 2 aromatic rings. The van der Waals surface area contributed by atoms with Crippen LogP contribution in [0, 0.1) is 0 Å². The van der Waals surface area contributed by atoms with Crippen molar-refractivity contribution in [2.45, 2.75) is 13.0 Å². The molecule has 2 aromatic carbocycles. The summed E-state index contributed by atoms with van der Waals surface area (Å²) < 4.78 is 11.5. The molecule has 0 saturated carbocycles. The van der Waals surface area contributed by atoms with Crippen molar-refractivity contribution in [1.82, 2.24) is 0 Å². The number of ether oxygens (including phenoxy) is 2. The third-order valence-electron chi connectivity index (χ3n) is 3.12. The van der Waals surface area contributed by atoms with Gasteiger partial charge < -0.3 is 14.8 Å². The Bertz CT molecular complexity index is 703. The van der Waals surface area contributed by atoms with Crippen LogP contribution >= 0.6 is 15.9 Å². The number of carbonyl (C=O) groups excluding carboxylic acids is 2. The van der Waals surface area contributed by atoms with Gasteiger partial charge >= 0.3 is 0 Å². The molecule has 23 heavy (non-hydrogen) atoms. The second-order valence-corrected chi connectivity index (χ2v) is 5.61. The Hall–Kier alpha value is -2.34. The number of hydrogen-bond donors (Lipinski definition) is 1. The molecule has 1 N–H and O–H groups in total. The first-order valence-corrected chi connectivity index (χ1v) is 7.69. The molecule has 0 radical (unpaired) electrons. The Kier molecular flexibility index (Phi) is 5.76. The predicted octanol–water partition coefficient (Wildman–Crippen LogP) is 3.68. The quantitative estimate of drug-likeness (QED) is 0.779. The molecule has 0 aliphatic carbocycles. The average molecular weight is 378 g/mol. The van der Waals surface area contributed by atoms with Crippen molar-refractivity contribution >= 4 is 33.8 Å². The zero-order chi connectivity index (χ0) is 16.8. The van der Waals surface area contributed by atoms with Gasteiger partial charge in [-0.3, -0.25) is 9.59 Å². The SMILES string of the molecule is COc1cc(Br)c(C=O)cc1O[C@H](C)C(=O)Nc1ccccc1.